The first-order valence-corrected chi connectivity index (χ1v) is 9.21. The number of nitrogens with zero attached hydrogens (tertiary/aromatic N) is 3. The molecule has 0 aliphatic rings. The number of H-pyrrole nitrogens is 1. The van der Waals surface area contributed by atoms with Crippen molar-refractivity contribution in [2.45, 2.75) is 26.2 Å². The fourth-order valence-electron chi connectivity index (χ4n) is 2.65. The van der Waals surface area contributed by atoms with Crippen LogP contribution in [0.3, 0.4) is 0 Å². The van der Waals surface area contributed by atoms with Gasteiger partial charge in [-0.25, -0.2) is 9.89 Å². The molecule has 0 atom stereocenters. The van der Waals surface area contributed by atoms with Crippen LogP contribution in [0.4, 0.5) is 0 Å². The molecule has 3 aromatic rings. The highest BCUT2D eigenvalue weighted by atomic mass is 32.1. The van der Waals surface area contributed by atoms with Crippen LogP contribution in [0.25, 0.3) is 11.4 Å². The van der Waals surface area contributed by atoms with Gasteiger partial charge in [-0.1, -0.05) is 57.2 Å². The smallest absolute Gasteiger partial charge is 0.337 e. The van der Waals surface area contributed by atoms with Crippen molar-refractivity contribution in [3.05, 3.63) is 70.0 Å². The molecule has 3 rings (SSSR count). The number of carbonyl (C=O) groups excluding carboxylic acids is 1. The largest absolute Gasteiger partial charge is 0.465 e. The summed E-state index contributed by atoms with van der Waals surface area (Å²) < 4.78 is 6.68. The number of hydrogen-bond acceptors (Lipinski definition) is 5. The predicted molar refractivity (Wildman–Crippen MR) is 112 cm³/mol. The van der Waals surface area contributed by atoms with Gasteiger partial charge in [0.15, 0.2) is 5.82 Å². The number of esters is 1. The molecule has 0 fully saturated rings. The van der Waals surface area contributed by atoms with Crippen molar-refractivity contribution in [1.29, 1.82) is 0 Å². The number of ether oxygens (including phenoxy) is 1. The van der Waals surface area contributed by atoms with Gasteiger partial charge in [0.25, 0.3) is 0 Å². The molecule has 0 spiro atoms. The predicted octanol–water partition coefficient (Wildman–Crippen LogP) is 4.57. The van der Waals surface area contributed by atoms with E-state index in [0.717, 1.165) is 11.1 Å². The van der Waals surface area contributed by atoms with Crippen molar-refractivity contribution >= 4 is 24.4 Å². The van der Waals surface area contributed by atoms with Crippen LogP contribution in [-0.4, -0.2) is 34.2 Å². The van der Waals surface area contributed by atoms with Crippen molar-refractivity contribution < 1.29 is 9.53 Å². The number of nitrogens with one attached hydrogen (secondary N) is 1. The number of benzene rings is 2. The maximum Gasteiger partial charge on any atom is 0.337 e. The summed E-state index contributed by atoms with van der Waals surface area (Å²) in [4.78, 5) is 11.5. The summed E-state index contributed by atoms with van der Waals surface area (Å²) in [6, 6.07) is 15.2. The highest BCUT2D eigenvalue weighted by Gasteiger charge is 2.14. The van der Waals surface area contributed by atoms with Gasteiger partial charge >= 0.3 is 5.97 Å². The third-order valence-electron chi connectivity index (χ3n) is 4.31. The SMILES string of the molecule is COC(=O)c1ccc(C=Nn2c(-c3ccc(C(C)(C)C)cc3)n[nH]c2=S)cc1. The lowest BCUT2D eigenvalue weighted by molar-refractivity contribution is 0.0600. The van der Waals surface area contributed by atoms with Gasteiger partial charge in [-0.15, -0.1) is 0 Å². The van der Waals surface area contributed by atoms with Crippen molar-refractivity contribution in [3.63, 3.8) is 0 Å². The number of aromatic nitrogens is 3. The molecular formula is C21H22N4O2S. The van der Waals surface area contributed by atoms with Crippen LogP contribution < -0.4 is 0 Å². The molecule has 6 nitrogen and oxygen atoms in total. The van der Waals surface area contributed by atoms with Crippen molar-refractivity contribution in [2.75, 3.05) is 7.11 Å². The Bertz CT molecular complexity index is 1060. The van der Waals surface area contributed by atoms with E-state index in [1.807, 2.05) is 12.1 Å². The maximum atomic E-state index is 11.5. The second kappa shape index (κ2) is 7.90. The van der Waals surface area contributed by atoms with Gasteiger partial charge < -0.3 is 4.74 Å². The highest BCUT2D eigenvalue weighted by molar-refractivity contribution is 7.71. The molecule has 144 valence electrons. The molecule has 1 aromatic heterocycles. The van der Waals surface area contributed by atoms with Crippen LogP contribution in [0.1, 0.15) is 42.3 Å². The Morgan fingerprint density at radius 1 is 1.14 bits per heavy atom. The number of aromatic amines is 1. The Morgan fingerprint density at radius 2 is 1.79 bits per heavy atom. The molecule has 1 N–H and O–H groups in total. The lowest BCUT2D eigenvalue weighted by Gasteiger charge is -2.18. The molecule has 7 heteroatoms. The molecule has 0 unspecified atom stereocenters. The maximum absolute atomic E-state index is 11.5. The van der Waals surface area contributed by atoms with Crippen LogP contribution in [0.5, 0.6) is 0 Å². The third-order valence-corrected chi connectivity index (χ3v) is 4.58. The minimum absolute atomic E-state index is 0.0811. The number of rotatable bonds is 4. The first kappa shape index (κ1) is 19.7. The summed E-state index contributed by atoms with van der Waals surface area (Å²) in [6.45, 7) is 6.52. The molecule has 0 aliphatic heterocycles. The van der Waals surface area contributed by atoms with Crippen LogP contribution in [-0.2, 0) is 10.2 Å². The summed E-state index contributed by atoms with van der Waals surface area (Å²) in [7, 11) is 1.36. The van der Waals surface area contributed by atoms with Crippen molar-refractivity contribution in [2.24, 2.45) is 5.10 Å². The Hall–Kier alpha value is -3.06. The normalized spacial score (nSPS) is 11.7. The number of carbonyl (C=O) groups is 1. The molecule has 0 aliphatic carbocycles. The quantitative estimate of drug-likeness (QED) is 0.400. The minimum Gasteiger partial charge on any atom is -0.465 e. The van der Waals surface area contributed by atoms with Crippen LogP contribution in [0, 0.1) is 4.77 Å². The lowest BCUT2D eigenvalue weighted by atomic mass is 9.87. The van der Waals surface area contributed by atoms with Crippen LogP contribution in [0.15, 0.2) is 53.6 Å². The Labute approximate surface area is 168 Å². The molecule has 28 heavy (non-hydrogen) atoms. The fourth-order valence-corrected chi connectivity index (χ4v) is 2.83. The zero-order chi connectivity index (χ0) is 20.3. The summed E-state index contributed by atoms with van der Waals surface area (Å²) in [5, 5.41) is 11.6. The van der Waals surface area contributed by atoms with E-state index in [1.165, 1.54) is 12.7 Å². The number of hydrogen-bond donors (Lipinski definition) is 1. The van der Waals surface area contributed by atoms with Gasteiger partial charge in [0.2, 0.25) is 4.77 Å². The molecule has 0 radical (unpaired) electrons. The standard InChI is InChI=1S/C21H22N4O2S/c1-21(2,3)17-11-9-15(10-12-17)18-23-24-20(28)25(18)22-13-14-5-7-16(8-6-14)19(26)27-4/h5-13H,1-4H3,(H,24,28). The molecule has 0 saturated heterocycles. The van der Waals surface area contributed by atoms with E-state index in [1.54, 1.807) is 35.2 Å². The first-order valence-electron chi connectivity index (χ1n) is 8.80. The summed E-state index contributed by atoms with van der Waals surface area (Å²) in [5.74, 6) is 0.259. The van der Waals surface area contributed by atoms with Crippen molar-refractivity contribution in [1.82, 2.24) is 14.9 Å². The van der Waals surface area contributed by atoms with E-state index in [9.17, 15) is 4.79 Å². The van der Waals surface area contributed by atoms with E-state index in [4.69, 9.17) is 17.0 Å². The summed E-state index contributed by atoms with van der Waals surface area (Å²) in [5.41, 5.74) is 3.55. The van der Waals surface area contributed by atoms with Gasteiger partial charge in [-0.05, 0) is 40.9 Å². The van der Waals surface area contributed by atoms with Crippen molar-refractivity contribution in [3.8, 4) is 11.4 Å². The molecule has 0 amide bonds. The van der Waals surface area contributed by atoms with Crippen LogP contribution >= 0.6 is 12.2 Å². The second-order valence-corrected chi connectivity index (χ2v) is 7.74. The molecule has 1 heterocycles. The molecular weight excluding hydrogens is 372 g/mol. The van der Waals surface area contributed by atoms with E-state index < -0.39 is 0 Å². The van der Waals surface area contributed by atoms with Crippen LogP contribution in [0.2, 0.25) is 0 Å². The van der Waals surface area contributed by atoms with E-state index in [2.05, 4.69) is 48.2 Å². The topological polar surface area (TPSA) is 72.3 Å². The Balaban J connectivity index is 1.88. The average molecular weight is 394 g/mol. The van der Waals surface area contributed by atoms with Gasteiger partial charge in [0.1, 0.15) is 0 Å². The minimum atomic E-state index is -0.374. The molecule has 2 aromatic carbocycles. The van der Waals surface area contributed by atoms with Gasteiger partial charge in [0, 0.05) is 5.56 Å². The zero-order valence-corrected chi connectivity index (χ0v) is 17.1. The highest BCUT2D eigenvalue weighted by Crippen LogP contribution is 2.25. The van der Waals surface area contributed by atoms with E-state index in [-0.39, 0.29) is 11.4 Å². The Kier molecular flexibility index (Phi) is 5.56. The average Bonchev–Trinajstić information content (AvgIpc) is 3.06. The van der Waals surface area contributed by atoms with E-state index >= 15 is 0 Å². The third kappa shape index (κ3) is 4.26. The summed E-state index contributed by atoms with van der Waals surface area (Å²) >= 11 is 5.31. The molecule has 0 saturated carbocycles. The van der Waals surface area contributed by atoms with E-state index in [0.29, 0.717) is 16.2 Å². The van der Waals surface area contributed by atoms with Gasteiger partial charge in [-0.2, -0.15) is 14.9 Å². The summed E-state index contributed by atoms with van der Waals surface area (Å²) in [6.07, 6.45) is 1.67. The number of methoxy groups -OCH3 is 1. The van der Waals surface area contributed by atoms with Gasteiger partial charge in [-0.3, -0.25) is 0 Å². The first-order chi connectivity index (χ1) is 13.3. The second-order valence-electron chi connectivity index (χ2n) is 7.35. The fraction of sp³-hybridized carbons (Fsp3) is 0.238. The monoisotopic (exact) mass is 394 g/mol. The lowest BCUT2D eigenvalue weighted by Crippen LogP contribution is -2.10. The molecule has 0 bridgehead atoms. The zero-order valence-electron chi connectivity index (χ0n) is 16.3. The Morgan fingerprint density at radius 3 is 2.36 bits per heavy atom. The van der Waals surface area contributed by atoms with Gasteiger partial charge in [0.05, 0.1) is 18.9 Å².